The Morgan fingerprint density at radius 2 is 2.27 bits per heavy atom. The van der Waals surface area contributed by atoms with Crippen molar-refractivity contribution < 1.29 is 9.53 Å². The molecule has 1 unspecified atom stereocenters. The summed E-state index contributed by atoms with van der Waals surface area (Å²) in [6.45, 7) is 4.46. The number of rotatable bonds is 6. The van der Waals surface area contributed by atoms with E-state index in [2.05, 4.69) is 34.3 Å². The lowest BCUT2D eigenvalue weighted by Gasteiger charge is -2.22. The van der Waals surface area contributed by atoms with E-state index in [1.807, 2.05) is 13.0 Å². The first-order valence-electron chi connectivity index (χ1n) is 8.25. The van der Waals surface area contributed by atoms with Crippen LogP contribution in [0.15, 0.2) is 30.5 Å². The van der Waals surface area contributed by atoms with E-state index < -0.39 is 0 Å². The minimum absolute atomic E-state index is 0.0433. The number of H-pyrrole nitrogens is 1. The van der Waals surface area contributed by atoms with Gasteiger partial charge in [0.2, 0.25) is 0 Å². The Kier molecular flexibility index (Phi) is 4.78. The van der Waals surface area contributed by atoms with E-state index >= 15 is 0 Å². The second kappa shape index (κ2) is 6.97. The average molecular weight is 300 g/mol. The Bertz CT molecular complexity index is 635. The van der Waals surface area contributed by atoms with E-state index in [4.69, 9.17) is 4.74 Å². The maximum atomic E-state index is 12.1. The number of esters is 1. The van der Waals surface area contributed by atoms with Crippen molar-refractivity contribution in [3.05, 3.63) is 36.0 Å². The number of carbonyl (C=O) groups excluding carboxylic acids is 1. The van der Waals surface area contributed by atoms with Gasteiger partial charge in [-0.2, -0.15) is 0 Å². The van der Waals surface area contributed by atoms with Gasteiger partial charge in [-0.1, -0.05) is 25.1 Å². The Labute approximate surface area is 131 Å². The number of para-hydroxylation sites is 1. The Morgan fingerprint density at radius 3 is 3.14 bits per heavy atom. The molecule has 0 radical (unpaired) electrons. The Morgan fingerprint density at radius 1 is 1.41 bits per heavy atom. The molecule has 118 valence electrons. The van der Waals surface area contributed by atoms with Crippen molar-refractivity contribution in [2.75, 3.05) is 19.7 Å². The third kappa shape index (κ3) is 3.17. The number of nitrogens with zero attached hydrogens (tertiary/aromatic N) is 1. The predicted octanol–water partition coefficient (Wildman–Crippen LogP) is 3.13. The van der Waals surface area contributed by atoms with Gasteiger partial charge >= 0.3 is 5.97 Å². The number of aromatic amines is 1. The molecule has 1 aliphatic rings. The zero-order valence-corrected chi connectivity index (χ0v) is 13.2. The molecule has 4 heteroatoms. The normalized spacial score (nSPS) is 18.9. The number of fused-ring (bicyclic) bond motifs is 1. The van der Waals surface area contributed by atoms with Crippen LogP contribution in [0.5, 0.6) is 0 Å². The van der Waals surface area contributed by atoms with Crippen LogP contribution in [0.1, 0.15) is 31.7 Å². The van der Waals surface area contributed by atoms with Gasteiger partial charge < -0.3 is 9.72 Å². The number of nitrogens with one attached hydrogen (secondary N) is 1. The summed E-state index contributed by atoms with van der Waals surface area (Å²) in [5.41, 5.74) is 2.50. The second-order valence-corrected chi connectivity index (χ2v) is 5.97. The molecule has 0 bridgehead atoms. The number of ether oxygens (including phenoxy) is 1. The fraction of sp³-hybridized carbons (Fsp3) is 0.500. The molecule has 4 nitrogen and oxygen atoms in total. The zero-order valence-electron chi connectivity index (χ0n) is 13.2. The predicted molar refractivity (Wildman–Crippen MR) is 87.8 cm³/mol. The lowest BCUT2D eigenvalue weighted by atomic mass is 10.1. The Hall–Kier alpha value is -1.81. The number of hydrogen-bond acceptors (Lipinski definition) is 3. The topological polar surface area (TPSA) is 45.3 Å². The SMILES string of the molecule is CCCOC(=O)C1CCCN1CCc1c[nH]c2ccccc12. The lowest BCUT2D eigenvalue weighted by Crippen LogP contribution is -2.38. The molecule has 22 heavy (non-hydrogen) atoms. The smallest absolute Gasteiger partial charge is 0.323 e. The van der Waals surface area contributed by atoms with Crippen molar-refractivity contribution in [2.24, 2.45) is 0 Å². The van der Waals surface area contributed by atoms with Gasteiger partial charge in [0.15, 0.2) is 0 Å². The highest BCUT2D eigenvalue weighted by molar-refractivity contribution is 5.83. The number of benzene rings is 1. The van der Waals surface area contributed by atoms with E-state index in [9.17, 15) is 4.79 Å². The third-order valence-corrected chi connectivity index (χ3v) is 4.43. The monoisotopic (exact) mass is 300 g/mol. The van der Waals surface area contributed by atoms with Crippen LogP contribution in [0.2, 0.25) is 0 Å². The van der Waals surface area contributed by atoms with Crippen LogP contribution in [0.25, 0.3) is 10.9 Å². The number of likely N-dealkylation sites (tertiary alicyclic amines) is 1. The molecule has 1 N–H and O–H groups in total. The second-order valence-electron chi connectivity index (χ2n) is 5.97. The molecular weight excluding hydrogens is 276 g/mol. The fourth-order valence-corrected chi connectivity index (χ4v) is 3.26. The van der Waals surface area contributed by atoms with Crippen LogP contribution < -0.4 is 0 Å². The highest BCUT2D eigenvalue weighted by Gasteiger charge is 2.31. The quantitative estimate of drug-likeness (QED) is 0.834. The van der Waals surface area contributed by atoms with Crippen molar-refractivity contribution in [1.29, 1.82) is 0 Å². The molecule has 0 amide bonds. The maximum absolute atomic E-state index is 12.1. The minimum atomic E-state index is -0.0447. The molecule has 3 rings (SSSR count). The molecule has 0 saturated carbocycles. The first-order valence-corrected chi connectivity index (χ1v) is 8.25. The average Bonchev–Trinajstić information content (AvgIpc) is 3.17. The van der Waals surface area contributed by atoms with Crippen LogP contribution in [0, 0.1) is 0 Å². The molecule has 2 heterocycles. The van der Waals surface area contributed by atoms with Crippen LogP contribution in [0.4, 0.5) is 0 Å². The number of aromatic nitrogens is 1. The van der Waals surface area contributed by atoms with Crippen molar-refractivity contribution in [3.8, 4) is 0 Å². The van der Waals surface area contributed by atoms with Gasteiger partial charge in [0.1, 0.15) is 6.04 Å². The first kappa shape index (κ1) is 15.1. The lowest BCUT2D eigenvalue weighted by molar-refractivity contribution is -0.148. The molecule has 0 spiro atoms. The molecule has 1 aromatic heterocycles. The molecule has 1 aromatic carbocycles. The van der Waals surface area contributed by atoms with Gasteiger partial charge in [0.05, 0.1) is 6.61 Å². The molecule has 1 saturated heterocycles. The van der Waals surface area contributed by atoms with Gasteiger partial charge in [-0.3, -0.25) is 9.69 Å². The van der Waals surface area contributed by atoms with Crippen molar-refractivity contribution in [2.45, 2.75) is 38.6 Å². The summed E-state index contributed by atoms with van der Waals surface area (Å²) in [6, 6.07) is 8.32. The molecule has 2 aromatic rings. The highest BCUT2D eigenvalue weighted by Crippen LogP contribution is 2.22. The molecule has 1 fully saturated rings. The summed E-state index contributed by atoms with van der Waals surface area (Å²) in [7, 11) is 0. The van der Waals surface area contributed by atoms with E-state index in [-0.39, 0.29) is 12.0 Å². The van der Waals surface area contributed by atoms with Crippen LogP contribution in [0.3, 0.4) is 0 Å². The maximum Gasteiger partial charge on any atom is 0.323 e. The fourth-order valence-electron chi connectivity index (χ4n) is 3.26. The Balaban J connectivity index is 1.61. The largest absolute Gasteiger partial charge is 0.465 e. The number of hydrogen-bond donors (Lipinski definition) is 1. The summed E-state index contributed by atoms with van der Waals surface area (Å²) in [5, 5.41) is 1.28. The van der Waals surface area contributed by atoms with Crippen LogP contribution >= 0.6 is 0 Å². The van der Waals surface area contributed by atoms with Crippen LogP contribution in [-0.2, 0) is 16.0 Å². The standard InChI is InChI=1S/C18H24N2O2/c1-2-12-22-18(21)17-8-5-10-20(17)11-9-14-13-19-16-7-4-3-6-15(14)16/h3-4,6-7,13,17,19H,2,5,8-12H2,1H3. The van der Waals surface area contributed by atoms with Gasteiger partial charge in [0, 0.05) is 23.6 Å². The van der Waals surface area contributed by atoms with Crippen LogP contribution in [-0.4, -0.2) is 41.6 Å². The molecular formula is C18H24N2O2. The summed E-state index contributed by atoms with van der Waals surface area (Å²) < 4.78 is 5.33. The summed E-state index contributed by atoms with van der Waals surface area (Å²) in [4.78, 5) is 17.7. The number of carbonyl (C=O) groups is 1. The molecule has 0 aliphatic carbocycles. The summed E-state index contributed by atoms with van der Waals surface area (Å²) in [5.74, 6) is -0.0433. The highest BCUT2D eigenvalue weighted by atomic mass is 16.5. The molecule has 1 atom stereocenters. The summed E-state index contributed by atoms with van der Waals surface area (Å²) in [6.07, 6.45) is 5.94. The van der Waals surface area contributed by atoms with Crippen molar-refractivity contribution in [1.82, 2.24) is 9.88 Å². The van der Waals surface area contributed by atoms with Gasteiger partial charge in [-0.05, 0) is 43.9 Å². The van der Waals surface area contributed by atoms with E-state index in [0.29, 0.717) is 6.61 Å². The van der Waals surface area contributed by atoms with Gasteiger partial charge in [-0.25, -0.2) is 0 Å². The van der Waals surface area contributed by atoms with E-state index in [0.717, 1.165) is 38.8 Å². The summed E-state index contributed by atoms with van der Waals surface area (Å²) >= 11 is 0. The van der Waals surface area contributed by atoms with E-state index in [1.165, 1.54) is 16.5 Å². The minimum Gasteiger partial charge on any atom is -0.465 e. The van der Waals surface area contributed by atoms with Gasteiger partial charge in [-0.15, -0.1) is 0 Å². The third-order valence-electron chi connectivity index (χ3n) is 4.43. The van der Waals surface area contributed by atoms with Gasteiger partial charge in [0.25, 0.3) is 0 Å². The molecule has 1 aliphatic heterocycles. The van der Waals surface area contributed by atoms with Crippen molar-refractivity contribution >= 4 is 16.9 Å². The zero-order chi connectivity index (χ0) is 15.4. The van der Waals surface area contributed by atoms with Crippen molar-refractivity contribution in [3.63, 3.8) is 0 Å². The first-order chi connectivity index (χ1) is 10.8. The van der Waals surface area contributed by atoms with E-state index in [1.54, 1.807) is 0 Å².